The van der Waals surface area contributed by atoms with Gasteiger partial charge in [0.05, 0.1) is 11.5 Å². The van der Waals surface area contributed by atoms with Crippen molar-refractivity contribution in [3.05, 3.63) is 15.7 Å². The smallest absolute Gasteiger partial charge is 0.348 e. The molecule has 0 saturated heterocycles. The van der Waals surface area contributed by atoms with Gasteiger partial charge in [-0.2, -0.15) is 4.98 Å². The number of esters is 1. The number of hydrogen-bond acceptors (Lipinski definition) is 7. The molecule has 23 heavy (non-hydrogen) atoms. The zero-order valence-electron chi connectivity index (χ0n) is 13.1. The summed E-state index contributed by atoms with van der Waals surface area (Å²) in [6.45, 7) is 5.04. The third kappa shape index (κ3) is 3.70. The van der Waals surface area contributed by atoms with Gasteiger partial charge in [-0.05, 0) is 37.9 Å². The molecule has 0 fully saturated rings. The summed E-state index contributed by atoms with van der Waals surface area (Å²) in [5, 5.41) is 9.56. The molecule has 7 nitrogen and oxygen atoms in total. The predicted molar refractivity (Wildman–Crippen MR) is 88.6 cm³/mol. The van der Waals surface area contributed by atoms with E-state index in [-0.39, 0.29) is 17.9 Å². The van der Waals surface area contributed by atoms with Gasteiger partial charge in [-0.15, -0.1) is 11.3 Å². The van der Waals surface area contributed by atoms with E-state index >= 15 is 0 Å². The molecule has 0 amide bonds. The van der Waals surface area contributed by atoms with Crippen molar-refractivity contribution in [2.45, 2.75) is 26.9 Å². The number of likely N-dealkylation sites (N-methyl/N-ethyl adjacent to an activating group) is 1. The summed E-state index contributed by atoms with van der Waals surface area (Å²) in [6.07, 6.45) is -0.240. The lowest BCUT2D eigenvalue weighted by Crippen LogP contribution is -2.26. The van der Waals surface area contributed by atoms with Gasteiger partial charge in [-0.3, -0.25) is 4.79 Å². The van der Waals surface area contributed by atoms with Crippen LogP contribution in [0.4, 0.5) is 5.82 Å². The first-order valence-corrected chi connectivity index (χ1v) is 8.00. The highest BCUT2D eigenvalue weighted by molar-refractivity contribution is 7.20. The van der Waals surface area contributed by atoms with Crippen LogP contribution in [-0.2, 0) is 9.53 Å². The molecule has 9 heteroatoms. The number of halogens is 1. The second-order valence-corrected chi connectivity index (χ2v) is 6.59. The van der Waals surface area contributed by atoms with Crippen LogP contribution in [-0.4, -0.2) is 46.7 Å². The molecule has 0 aliphatic carbocycles. The molecular weight excluding hydrogens is 342 g/mol. The van der Waals surface area contributed by atoms with E-state index in [1.54, 1.807) is 27.8 Å². The summed E-state index contributed by atoms with van der Waals surface area (Å²) in [7, 11) is 1.59. The highest BCUT2D eigenvalue weighted by Crippen LogP contribution is 2.36. The average molecular weight is 358 g/mol. The van der Waals surface area contributed by atoms with Crippen LogP contribution in [0.5, 0.6) is 0 Å². The Labute approximate surface area is 141 Å². The van der Waals surface area contributed by atoms with E-state index in [1.165, 1.54) is 4.90 Å². The number of aliphatic carboxylic acids is 1. The average Bonchev–Trinajstić information content (AvgIpc) is 2.73. The van der Waals surface area contributed by atoms with Gasteiger partial charge in [0.2, 0.25) is 5.28 Å². The molecule has 0 bridgehead atoms. The Morgan fingerprint density at radius 3 is 2.61 bits per heavy atom. The molecule has 2 aromatic heterocycles. The van der Waals surface area contributed by atoms with Gasteiger partial charge >= 0.3 is 11.9 Å². The van der Waals surface area contributed by atoms with Gasteiger partial charge < -0.3 is 14.7 Å². The van der Waals surface area contributed by atoms with Crippen LogP contribution < -0.4 is 4.90 Å². The van der Waals surface area contributed by atoms with E-state index in [1.807, 2.05) is 0 Å². The number of carbonyl (C=O) groups excluding carboxylic acids is 1. The Kier molecular flexibility index (Phi) is 5.06. The van der Waals surface area contributed by atoms with Crippen molar-refractivity contribution in [2.24, 2.45) is 0 Å². The lowest BCUT2D eigenvalue weighted by atomic mass is 10.2. The highest BCUT2D eigenvalue weighted by atomic mass is 35.5. The minimum absolute atomic E-state index is 0.00485. The van der Waals surface area contributed by atoms with Gasteiger partial charge in [-0.1, -0.05) is 0 Å². The van der Waals surface area contributed by atoms with Gasteiger partial charge in [0.25, 0.3) is 0 Å². The molecule has 124 valence electrons. The third-order valence-corrected chi connectivity index (χ3v) is 4.34. The fourth-order valence-corrected chi connectivity index (χ4v) is 3.38. The lowest BCUT2D eigenvalue weighted by Gasteiger charge is -2.17. The number of hydrogen-bond donors (Lipinski definition) is 1. The normalized spacial score (nSPS) is 11.0. The van der Waals surface area contributed by atoms with E-state index in [0.717, 1.165) is 11.3 Å². The van der Waals surface area contributed by atoms with Crippen LogP contribution in [0.1, 0.15) is 29.1 Å². The summed E-state index contributed by atoms with van der Waals surface area (Å²) in [6, 6.07) is 0. The first-order valence-electron chi connectivity index (χ1n) is 6.81. The second kappa shape index (κ2) is 6.67. The highest BCUT2D eigenvalue weighted by Gasteiger charge is 2.23. The number of anilines is 1. The number of carbonyl (C=O) groups is 2. The number of aromatic nitrogens is 2. The molecule has 2 heterocycles. The number of aryl methyl sites for hydroxylation is 1. The first-order chi connectivity index (χ1) is 10.7. The van der Waals surface area contributed by atoms with Crippen LogP contribution in [0, 0.1) is 6.92 Å². The summed E-state index contributed by atoms with van der Waals surface area (Å²) >= 11 is 7.08. The van der Waals surface area contributed by atoms with Crippen molar-refractivity contribution in [2.75, 3.05) is 18.5 Å². The maximum Gasteiger partial charge on any atom is 0.348 e. The Bertz CT molecular complexity index is 775. The summed E-state index contributed by atoms with van der Waals surface area (Å²) < 4.78 is 5.22. The van der Waals surface area contributed by atoms with E-state index < -0.39 is 11.9 Å². The number of thiophene rings is 1. The zero-order valence-corrected chi connectivity index (χ0v) is 14.7. The van der Waals surface area contributed by atoms with Crippen molar-refractivity contribution in [1.29, 1.82) is 0 Å². The molecule has 2 aromatic rings. The summed E-state index contributed by atoms with van der Waals surface area (Å²) in [4.78, 5) is 33.8. The SMILES string of the molecule is Cc1c(C(=O)OC(C)C)sc2nc(Cl)nc(N(C)CC(=O)O)c12. The predicted octanol–water partition coefficient (Wildman–Crippen LogP) is 2.74. The molecule has 0 spiro atoms. The maximum atomic E-state index is 12.2. The molecule has 0 unspecified atom stereocenters. The topological polar surface area (TPSA) is 92.6 Å². The minimum Gasteiger partial charge on any atom is -0.480 e. The van der Waals surface area contributed by atoms with Gasteiger partial charge in [0.15, 0.2) is 0 Å². The first kappa shape index (κ1) is 17.4. The lowest BCUT2D eigenvalue weighted by molar-refractivity contribution is -0.135. The molecule has 1 N–H and O–H groups in total. The molecule has 0 aromatic carbocycles. The molecule has 0 radical (unpaired) electrons. The Balaban J connectivity index is 2.59. The van der Waals surface area contributed by atoms with Crippen molar-refractivity contribution < 1.29 is 19.4 Å². The van der Waals surface area contributed by atoms with Crippen LogP contribution in [0.2, 0.25) is 5.28 Å². The van der Waals surface area contributed by atoms with Gasteiger partial charge in [0, 0.05) is 7.05 Å². The number of carboxylic acid groups (broad SMARTS) is 1. The van der Waals surface area contributed by atoms with Crippen LogP contribution >= 0.6 is 22.9 Å². The molecule has 0 aliphatic heterocycles. The number of carboxylic acids is 1. The molecular formula is C14H16ClN3O4S. The van der Waals surface area contributed by atoms with E-state index in [2.05, 4.69) is 9.97 Å². The number of fused-ring (bicyclic) bond motifs is 1. The van der Waals surface area contributed by atoms with Crippen LogP contribution in [0.15, 0.2) is 0 Å². The van der Waals surface area contributed by atoms with Crippen LogP contribution in [0.3, 0.4) is 0 Å². The van der Waals surface area contributed by atoms with Crippen molar-refractivity contribution in [3.63, 3.8) is 0 Å². The Morgan fingerprint density at radius 2 is 2.04 bits per heavy atom. The molecule has 2 rings (SSSR count). The Morgan fingerprint density at radius 1 is 1.39 bits per heavy atom. The number of rotatable bonds is 5. The monoisotopic (exact) mass is 357 g/mol. The quantitative estimate of drug-likeness (QED) is 0.649. The minimum atomic E-state index is -0.997. The Hall–Kier alpha value is -1.93. The van der Waals surface area contributed by atoms with Crippen molar-refractivity contribution >= 4 is 50.9 Å². The summed E-state index contributed by atoms with van der Waals surface area (Å²) in [5.74, 6) is -1.06. The van der Waals surface area contributed by atoms with Crippen LogP contribution in [0.25, 0.3) is 10.2 Å². The fraction of sp³-hybridized carbons (Fsp3) is 0.429. The van der Waals surface area contributed by atoms with E-state index in [4.69, 9.17) is 21.4 Å². The van der Waals surface area contributed by atoms with E-state index in [9.17, 15) is 9.59 Å². The fourth-order valence-electron chi connectivity index (χ4n) is 2.11. The van der Waals surface area contributed by atoms with Crippen molar-refractivity contribution in [3.8, 4) is 0 Å². The standard InChI is InChI=1S/C14H16ClN3O4S/c1-6(2)22-13(21)10-7(3)9-11(18(4)5-8(19)20)16-14(15)17-12(9)23-10/h6H,5H2,1-4H3,(H,19,20). The number of ether oxygens (including phenoxy) is 1. The summed E-state index contributed by atoms with van der Waals surface area (Å²) in [5.41, 5.74) is 0.652. The second-order valence-electron chi connectivity index (χ2n) is 5.26. The van der Waals surface area contributed by atoms with Gasteiger partial charge in [0.1, 0.15) is 22.1 Å². The zero-order chi connectivity index (χ0) is 17.3. The molecule has 0 aliphatic rings. The third-order valence-electron chi connectivity index (χ3n) is 3.01. The van der Waals surface area contributed by atoms with E-state index in [0.29, 0.717) is 26.5 Å². The largest absolute Gasteiger partial charge is 0.480 e. The maximum absolute atomic E-state index is 12.2. The molecule has 0 atom stereocenters. The van der Waals surface area contributed by atoms with Gasteiger partial charge in [-0.25, -0.2) is 9.78 Å². The molecule has 0 saturated carbocycles. The van der Waals surface area contributed by atoms with Crippen molar-refractivity contribution in [1.82, 2.24) is 9.97 Å². The number of nitrogens with zero attached hydrogens (tertiary/aromatic N) is 3.